The lowest BCUT2D eigenvalue weighted by molar-refractivity contribution is 0.0884. The lowest BCUT2D eigenvalue weighted by atomic mass is 10.0. The highest BCUT2D eigenvalue weighted by Gasteiger charge is 2.39. The average Bonchev–Trinajstić information content (AvgIpc) is 2.41. The third-order valence-electron chi connectivity index (χ3n) is 4.07. The molecule has 1 unspecified atom stereocenters. The highest BCUT2D eigenvalue weighted by atomic mass is 32.2. The van der Waals surface area contributed by atoms with Gasteiger partial charge in [-0.25, -0.2) is 0 Å². The minimum Gasteiger partial charge on any atom is -0.372 e. The molecule has 1 atom stereocenters. The number of unbranched alkanes of at least 4 members (excludes halogenated alkanes) is 9. The van der Waals surface area contributed by atoms with Gasteiger partial charge < -0.3 is 5.11 Å². The summed E-state index contributed by atoms with van der Waals surface area (Å²) in [6, 6.07) is 0. The molecule has 21 heavy (non-hydrogen) atoms. The second kappa shape index (κ2) is 11.4. The van der Waals surface area contributed by atoms with Gasteiger partial charge in [0.2, 0.25) is 0 Å². The van der Waals surface area contributed by atoms with Gasteiger partial charge >= 0.3 is 0 Å². The van der Waals surface area contributed by atoms with Crippen molar-refractivity contribution in [2.45, 2.75) is 102 Å². The smallest absolute Gasteiger partial charge is 0.294 e. The molecular formula is C16H34O4S. The molecule has 0 aromatic rings. The van der Waals surface area contributed by atoms with E-state index in [1.807, 2.05) is 0 Å². The molecule has 0 saturated carbocycles. The van der Waals surface area contributed by atoms with Crippen LogP contribution in [0.5, 0.6) is 0 Å². The van der Waals surface area contributed by atoms with Crippen LogP contribution in [-0.4, -0.2) is 23.0 Å². The molecule has 0 radical (unpaired) electrons. The van der Waals surface area contributed by atoms with Crippen LogP contribution in [-0.2, 0) is 10.1 Å². The number of hydrogen-bond acceptors (Lipinski definition) is 3. The van der Waals surface area contributed by atoms with Crippen LogP contribution in [0.2, 0.25) is 0 Å². The molecule has 5 heteroatoms. The molecule has 0 aliphatic rings. The Hall–Kier alpha value is -0.130. The lowest BCUT2D eigenvalue weighted by Gasteiger charge is -2.24. The van der Waals surface area contributed by atoms with Crippen LogP contribution in [0.25, 0.3) is 0 Å². The molecule has 0 saturated heterocycles. The Morgan fingerprint density at radius 3 is 1.43 bits per heavy atom. The van der Waals surface area contributed by atoms with Crippen molar-refractivity contribution in [1.29, 1.82) is 0 Å². The molecule has 4 nitrogen and oxygen atoms in total. The first-order chi connectivity index (χ1) is 9.87. The van der Waals surface area contributed by atoms with E-state index in [-0.39, 0.29) is 12.8 Å². The molecule has 0 amide bonds. The topological polar surface area (TPSA) is 74.6 Å². The van der Waals surface area contributed by atoms with E-state index in [4.69, 9.17) is 0 Å². The van der Waals surface area contributed by atoms with E-state index in [9.17, 15) is 18.1 Å². The highest BCUT2D eigenvalue weighted by Crippen LogP contribution is 2.28. The molecule has 0 aliphatic carbocycles. The Morgan fingerprint density at radius 2 is 1.05 bits per heavy atom. The summed E-state index contributed by atoms with van der Waals surface area (Å²) in [5.41, 5.74) is 0. The molecule has 2 N–H and O–H groups in total. The third kappa shape index (κ3) is 9.48. The SMILES string of the molecule is CCCCCCCCCC(O)(CCCCCC)S(=O)(=O)O. The molecule has 0 rings (SSSR count). The van der Waals surface area contributed by atoms with Gasteiger partial charge in [-0.15, -0.1) is 0 Å². The van der Waals surface area contributed by atoms with E-state index in [1.165, 1.54) is 19.3 Å². The van der Waals surface area contributed by atoms with E-state index >= 15 is 0 Å². The van der Waals surface area contributed by atoms with Gasteiger partial charge in [-0.05, 0) is 25.7 Å². The minimum atomic E-state index is -4.40. The van der Waals surface area contributed by atoms with Crippen LogP contribution < -0.4 is 0 Å². The standard InChI is InChI=1S/C16H34O4S/c1-3-5-7-9-10-11-13-15-16(17,21(18,19)20)14-12-8-6-4-2/h17H,3-15H2,1-2H3,(H,18,19,20). The van der Waals surface area contributed by atoms with Crippen LogP contribution in [0, 0.1) is 0 Å². The maximum absolute atomic E-state index is 11.4. The van der Waals surface area contributed by atoms with Crippen molar-refractivity contribution in [2.75, 3.05) is 0 Å². The predicted molar refractivity (Wildman–Crippen MR) is 87.9 cm³/mol. The Bertz CT molecular complexity index is 340. The van der Waals surface area contributed by atoms with E-state index in [1.54, 1.807) is 0 Å². The zero-order valence-electron chi connectivity index (χ0n) is 13.8. The second-order valence-corrected chi connectivity index (χ2v) is 7.81. The van der Waals surface area contributed by atoms with Gasteiger partial charge in [0.1, 0.15) is 0 Å². The first kappa shape index (κ1) is 20.9. The molecule has 128 valence electrons. The van der Waals surface area contributed by atoms with Crippen molar-refractivity contribution in [3.05, 3.63) is 0 Å². The van der Waals surface area contributed by atoms with E-state index < -0.39 is 15.1 Å². The molecule has 0 aromatic heterocycles. The van der Waals surface area contributed by atoms with Gasteiger partial charge in [0, 0.05) is 0 Å². The summed E-state index contributed by atoms with van der Waals surface area (Å²) in [4.78, 5) is -1.94. The molecule has 0 fully saturated rings. The van der Waals surface area contributed by atoms with Crippen molar-refractivity contribution in [3.8, 4) is 0 Å². The number of rotatable bonds is 14. The summed E-state index contributed by atoms with van der Waals surface area (Å²) >= 11 is 0. The van der Waals surface area contributed by atoms with E-state index in [0.29, 0.717) is 12.8 Å². The summed E-state index contributed by atoms with van der Waals surface area (Å²) in [6.07, 6.45) is 11.4. The summed E-state index contributed by atoms with van der Waals surface area (Å²) in [6.45, 7) is 4.25. The Kier molecular flexibility index (Phi) is 11.4. The van der Waals surface area contributed by atoms with Gasteiger partial charge in [-0.3, -0.25) is 4.55 Å². The van der Waals surface area contributed by atoms with Crippen LogP contribution in [0.15, 0.2) is 0 Å². The molecule has 0 aromatic carbocycles. The zero-order valence-corrected chi connectivity index (χ0v) is 14.6. The van der Waals surface area contributed by atoms with Gasteiger partial charge in [-0.2, -0.15) is 8.42 Å². The first-order valence-electron chi connectivity index (χ1n) is 8.56. The van der Waals surface area contributed by atoms with Crippen molar-refractivity contribution < 1.29 is 18.1 Å². The van der Waals surface area contributed by atoms with Gasteiger partial charge in [0.05, 0.1) is 0 Å². The fourth-order valence-electron chi connectivity index (χ4n) is 2.57. The predicted octanol–water partition coefficient (Wildman–Crippen LogP) is 4.67. The van der Waals surface area contributed by atoms with Gasteiger partial charge in [0.25, 0.3) is 10.1 Å². The van der Waals surface area contributed by atoms with E-state index in [2.05, 4.69) is 13.8 Å². The fraction of sp³-hybridized carbons (Fsp3) is 1.00. The average molecular weight is 323 g/mol. The summed E-state index contributed by atoms with van der Waals surface area (Å²) < 4.78 is 32.1. The van der Waals surface area contributed by atoms with Gasteiger partial charge in [0.15, 0.2) is 4.93 Å². The van der Waals surface area contributed by atoms with Crippen LogP contribution in [0.3, 0.4) is 0 Å². The summed E-state index contributed by atoms with van der Waals surface area (Å²) in [5, 5.41) is 10.2. The van der Waals surface area contributed by atoms with Crippen molar-refractivity contribution in [2.24, 2.45) is 0 Å². The van der Waals surface area contributed by atoms with Crippen molar-refractivity contribution in [3.63, 3.8) is 0 Å². The van der Waals surface area contributed by atoms with Crippen molar-refractivity contribution in [1.82, 2.24) is 0 Å². The van der Waals surface area contributed by atoms with Crippen LogP contribution >= 0.6 is 0 Å². The number of aliphatic hydroxyl groups is 1. The molecule has 0 spiro atoms. The zero-order chi connectivity index (χ0) is 16.2. The van der Waals surface area contributed by atoms with Crippen LogP contribution in [0.1, 0.15) is 97.3 Å². The first-order valence-corrected chi connectivity index (χ1v) is 10.0. The normalized spacial score (nSPS) is 15.0. The van der Waals surface area contributed by atoms with Crippen molar-refractivity contribution >= 4 is 10.1 Å². The second-order valence-electron chi connectivity index (χ2n) is 6.10. The number of hydrogen-bond donors (Lipinski definition) is 2. The fourth-order valence-corrected chi connectivity index (χ4v) is 3.37. The lowest BCUT2D eigenvalue weighted by Crippen LogP contribution is -2.38. The maximum atomic E-state index is 11.4. The van der Waals surface area contributed by atoms with Gasteiger partial charge in [-0.1, -0.05) is 71.6 Å². The monoisotopic (exact) mass is 322 g/mol. The molecule has 0 aliphatic heterocycles. The largest absolute Gasteiger partial charge is 0.372 e. The Labute approximate surface area is 131 Å². The molecule has 0 bridgehead atoms. The Balaban J connectivity index is 4.07. The summed E-state index contributed by atoms with van der Waals surface area (Å²) in [5.74, 6) is 0. The third-order valence-corrected chi connectivity index (χ3v) is 5.44. The molecule has 0 heterocycles. The highest BCUT2D eigenvalue weighted by molar-refractivity contribution is 7.87. The summed E-state index contributed by atoms with van der Waals surface area (Å²) in [7, 11) is -4.40. The maximum Gasteiger partial charge on any atom is 0.294 e. The quantitative estimate of drug-likeness (QED) is 0.360. The van der Waals surface area contributed by atoms with Crippen LogP contribution in [0.4, 0.5) is 0 Å². The minimum absolute atomic E-state index is 0.141. The Morgan fingerprint density at radius 1 is 0.714 bits per heavy atom. The van der Waals surface area contributed by atoms with E-state index in [0.717, 1.165) is 38.5 Å². The molecular weight excluding hydrogens is 288 g/mol.